The molecule has 1 fully saturated rings. The molecule has 0 radical (unpaired) electrons. The molecule has 3 nitrogen and oxygen atoms in total. The molecule has 104 valence electrons. The molecule has 19 heavy (non-hydrogen) atoms. The van der Waals surface area contributed by atoms with Crippen LogP contribution in [-0.4, -0.2) is 30.9 Å². The molecule has 0 aromatic heterocycles. The van der Waals surface area contributed by atoms with Gasteiger partial charge >= 0.3 is 0 Å². The Morgan fingerprint density at radius 3 is 2.89 bits per heavy atom. The van der Waals surface area contributed by atoms with Gasteiger partial charge in [-0.05, 0) is 49.4 Å². The molecule has 1 atom stereocenters. The zero-order valence-electron chi connectivity index (χ0n) is 12.2. The number of carbonyl (C=O) groups is 1. The smallest absolute Gasteiger partial charge is 0.254 e. The van der Waals surface area contributed by atoms with Crippen LogP contribution < -0.4 is 5.32 Å². The first-order chi connectivity index (χ1) is 9.15. The standard InChI is InChI=1S/C16H24N2O/c1-4-13-6-5-9-18(11-13)16(19)15-8-7-14(17-3)10-12(15)2/h7-8,10,13,17H,4-6,9,11H2,1-3H3. The molecule has 1 saturated heterocycles. The SMILES string of the molecule is CCC1CCCN(C(=O)c2ccc(NC)cc2C)C1. The van der Waals surface area contributed by atoms with Crippen molar-refractivity contribution >= 4 is 11.6 Å². The molecule has 1 aromatic rings. The summed E-state index contributed by atoms with van der Waals surface area (Å²) in [5.41, 5.74) is 2.95. The van der Waals surface area contributed by atoms with Crippen molar-refractivity contribution in [2.75, 3.05) is 25.5 Å². The van der Waals surface area contributed by atoms with Gasteiger partial charge in [0.1, 0.15) is 0 Å². The summed E-state index contributed by atoms with van der Waals surface area (Å²) in [5.74, 6) is 0.868. The topological polar surface area (TPSA) is 32.3 Å². The number of hydrogen-bond acceptors (Lipinski definition) is 2. The Bertz CT molecular complexity index is 456. The summed E-state index contributed by atoms with van der Waals surface area (Å²) in [7, 11) is 1.90. The number of nitrogens with zero attached hydrogens (tertiary/aromatic N) is 1. The predicted molar refractivity (Wildman–Crippen MR) is 79.6 cm³/mol. The summed E-state index contributed by atoms with van der Waals surface area (Å²) in [4.78, 5) is 14.6. The number of nitrogens with one attached hydrogen (secondary N) is 1. The van der Waals surface area contributed by atoms with Crippen LogP contribution in [0.15, 0.2) is 18.2 Å². The summed E-state index contributed by atoms with van der Waals surface area (Å²) >= 11 is 0. The van der Waals surface area contributed by atoms with Crippen LogP contribution in [0, 0.1) is 12.8 Å². The lowest BCUT2D eigenvalue weighted by Gasteiger charge is -2.32. The van der Waals surface area contributed by atoms with Crippen LogP contribution in [0.5, 0.6) is 0 Å². The summed E-state index contributed by atoms with van der Waals surface area (Å²) in [5, 5.41) is 3.10. The summed E-state index contributed by atoms with van der Waals surface area (Å²) in [6, 6.07) is 5.95. The number of rotatable bonds is 3. The minimum atomic E-state index is 0.193. The van der Waals surface area contributed by atoms with E-state index in [9.17, 15) is 4.79 Å². The van der Waals surface area contributed by atoms with Gasteiger partial charge in [-0.3, -0.25) is 4.79 Å². The molecule has 1 aromatic carbocycles. The van der Waals surface area contributed by atoms with E-state index in [-0.39, 0.29) is 5.91 Å². The van der Waals surface area contributed by atoms with E-state index >= 15 is 0 Å². The van der Waals surface area contributed by atoms with Gasteiger partial charge < -0.3 is 10.2 Å². The van der Waals surface area contributed by atoms with Crippen molar-refractivity contribution in [3.63, 3.8) is 0 Å². The number of likely N-dealkylation sites (tertiary alicyclic amines) is 1. The van der Waals surface area contributed by atoms with Crippen LogP contribution in [0.1, 0.15) is 42.1 Å². The lowest BCUT2D eigenvalue weighted by Crippen LogP contribution is -2.40. The van der Waals surface area contributed by atoms with E-state index in [1.54, 1.807) is 0 Å². The third-order valence-corrected chi connectivity index (χ3v) is 4.13. The van der Waals surface area contributed by atoms with Crippen molar-refractivity contribution < 1.29 is 4.79 Å². The van der Waals surface area contributed by atoms with Gasteiger partial charge in [0.2, 0.25) is 0 Å². The predicted octanol–water partition coefficient (Wildman–Crippen LogP) is 3.30. The molecular formula is C16H24N2O. The highest BCUT2D eigenvalue weighted by Gasteiger charge is 2.24. The van der Waals surface area contributed by atoms with Gasteiger partial charge in [0.25, 0.3) is 5.91 Å². The van der Waals surface area contributed by atoms with Crippen molar-refractivity contribution in [1.82, 2.24) is 4.90 Å². The number of hydrogen-bond donors (Lipinski definition) is 1. The Labute approximate surface area is 116 Å². The fourth-order valence-electron chi connectivity index (χ4n) is 2.81. The number of benzene rings is 1. The van der Waals surface area contributed by atoms with Crippen molar-refractivity contribution in [1.29, 1.82) is 0 Å². The molecule has 0 aliphatic carbocycles. The van der Waals surface area contributed by atoms with E-state index in [1.165, 1.54) is 12.8 Å². The minimum absolute atomic E-state index is 0.193. The van der Waals surface area contributed by atoms with E-state index < -0.39 is 0 Å². The third-order valence-electron chi connectivity index (χ3n) is 4.13. The summed E-state index contributed by atoms with van der Waals surface area (Å²) in [6.45, 7) is 6.05. The number of aryl methyl sites for hydroxylation is 1. The Morgan fingerprint density at radius 2 is 2.26 bits per heavy atom. The minimum Gasteiger partial charge on any atom is -0.388 e. The second-order valence-corrected chi connectivity index (χ2v) is 5.45. The lowest BCUT2D eigenvalue weighted by molar-refractivity contribution is 0.0670. The quantitative estimate of drug-likeness (QED) is 0.904. The Kier molecular flexibility index (Phi) is 4.46. The van der Waals surface area contributed by atoms with Crippen LogP contribution in [0.25, 0.3) is 0 Å². The molecule has 1 heterocycles. The Balaban J connectivity index is 2.15. The molecule has 0 bridgehead atoms. The first-order valence-electron chi connectivity index (χ1n) is 7.23. The van der Waals surface area contributed by atoms with Gasteiger partial charge in [-0.25, -0.2) is 0 Å². The highest BCUT2D eigenvalue weighted by molar-refractivity contribution is 5.96. The van der Waals surface area contributed by atoms with Crippen LogP contribution in [0.3, 0.4) is 0 Å². The van der Waals surface area contributed by atoms with Crippen LogP contribution in [-0.2, 0) is 0 Å². The average Bonchev–Trinajstić information content (AvgIpc) is 2.46. The number of anilines is 1. The van der Waals surface area contributed by atoms with E-state index in [4.69, 9.17) is 0 Å². The molecule has 1 aliphatic rings. The number of piperidine rings is 1. The fraction of sp³-hybridized carbons (Fsp3) is 0.562. The molecule has 1 aliphatic heterocycles. The van der Waals surface area contributed by atoms with Crippen molar-refractivity contribution in [2.45, 2.75) is 33.1 Å². The van der Waals surface area contributed by atoms with Crippen LogP contribution in [0.4, 0.5) is 5.69 Å². The maximum absolute atomic E-state index is 12.6. The Hall–Kier alpha value is -1.51. The van der Waals surface area contributed by atoms with E-state index in [0.717, 1.165) is 36.3 Å². The van der Waals surface area contributed by atoms with Gasteiger partial charge in [0.05, 0.1) is 0 Å². The van der Waals surface area contributed by atoms with Gasteiger partial charge in [-0.15, -0.1) is 0 Å². The van der Waals surface area contributed by atoms with Crippen molar-refractivity contribution in [3.8, 4) is 0 Å². The zero-order chi connectivity index (χ0) is 13.8. The van der Waals surface area contributed by atoms with E-state index in [0.29, 0.717) is 5.92 Å². The lowest BCUT2D eigenvalue weighted by atomic mass is 9.94. The molecule has 0 spiro atoms. The van der Waals surface area contributed by atoms with E-state index in [1.807, 2.05) is 37.1 Å². The largest absolute Gasteiger partial charge is 0.388 e. The van der Waals surface area contributed by atoms with Crippen LogP contribution in [0.2, 0.25) is 0 Å². The van der Waals surface area contributed by atoms with Crippen LogP contribution >= 0.6 is 0 Å². The molecule has 0 saturated carbocycles. The highest BCUT2D eigenvalue weighted by atomic mass is 16.2. The highest BCUT2D eigenvalue weighted by Crippen LogP contribution is 2.23. The monoisotopic (exact) mass is 260 g/mol. The van der Waals surface area contributed by atoms with Gasteiger partial charge in [0.15, 0.2) is 0 Å². The molecule has 2 rings (SSSR count). The maximum Gasteiger partial charge on any atom is 0.254 e. The first kappa shape index (κ1) is 13.9. The maximum atomic E-state index is 12.6. The summed E-state index contributed by atoms with van der Waals surface area (Å²) in [6.07, 6.45) is 3.57. The van der Waals surface area contributed by atoms with Gasteiger partial charge in [-0.2, -0.15) is 0 Å². The number of amides is 1. The summed E-state index contributed by atoms with van der Waals surface area (Å²) < 4.78 is 0. The second-order valence-electron chi connectivity index (χ2n) is 5.45. The van der Waals surface area contributed by atoms with E-state index in [2.05, 4.69) is 12.2 Å². The molecule has 1 N–H and O–H groups in total. The van der Waals surface area contributed by atoms with Crippen molar-refractivity contribution in [3.05, 3.63) is 29.3 Å². The van der Waals surface area contributed by atoms with Gasteiger partial charge in [0, 0.05) is 31.4 Å². The fourth-order valence-corrected chi connectivity index (χ4v) is 2.81. The molecular weight excluding hydrogens is 236 g/mol. The third kappa shape index (κ3) is 3.09. The normalized spacial score (nSPS) is 19.3. The molecule has 1 unspecified atom stereocenters. The van der Waals surface area contributed by atoms with Gasteiger partial charge in [-0.1, -0.05) is 13.3 Å². The first-order valence-corrected chi connectivity index (χ1v) is 7.23. The molecule has 1 amide bonds. The molecule has 3 heteroatoms. The Morgan fingerprint density at radius 1 is 1.47 bits per heavy atom. The van der Waals surface area contributed by atoms with Crippen molar-refractivity contribution in [2.24, 2.45) is 5.92 Å². The average molecular weight is 260 g/mol. The second kappa shape index (κ2) is 6.09. The zero-order valence-corrected chi connectivity index (χ0v) is 12.2. The number of carbonyl (C=O) groups excluding carboxylic acids is 1.